The number of nitrogens with zero attached hydrogens (tertiary/aromatic N) is 1. The molecule has 6 rings (SSSR count). The topological polar surface area (TPSA) is 23.8 Å². The van der Waals surface area contributed by atoms with Crippen LogP contribution in [-0.2, 0) is 6.42 Å². The first kappa shape index (κ1) is 19.3. The highest BCUT2D eigenvalue weighted by Gasteiger charge is 2.44. The van der Waals surface area contributed by atoms with Gasteiger partial charge in [-0.3, -0.25) is 0 Å². The molecule has 156 valence electrons. The minimum absolute atomic E-state index is 0.500. The Hall–Kier alpha value is -3.37. The molecule has 32 heavy (non-hydrogen) atoms. The van der Waals surface area contributed by atoms with Crippen molar-refractivity contribution in [2.24, 2.45) is 23.7 Å². The Morgan fingerprint density at radius 3 is 2.72 bits per heavy atom. The SMILES string of the molecule is N#Cc1ccc2c(c1)CC(C1C3CC=CC=C3C(c3ccccc3)=C3C=CCCC31)C=C2. The van der Waals surface area contributed by atoms with Crippen LogP contribution in [0, 0.1) is 35.0 Å². The number of hydrogen-bond donors (Lipinski definition) is 0. The first-order valence-electron chi connectivity index (χ1n) is 11.9. The fraction of sp³-hybridized carbons (Fsp3) is 0.258. The van der Waals surface area contributed by atoms with E-state index in [2.05, 4.69) is 91.1 Å². The Balaban J connectivity index is 1.47. The summed E-state index contributed by atoms with van der Waals surface area (Å²) in [6.45, 7) is 0. The zero-order chi connectivity index (χ0) is 21.5. The lowest BCUT2D eigenvalue weighted by atomic mass is 9.56. The Morgan fingerprint density at radius 2 is 1.84 bits per heavy atom. The summed E-state index contributed by atoms with van der Waals surface area (Å²) in [5, 5.41) is 9.40. The van der Waals surface area contributed by atoms with Gasteiger partial charge in [-0.15, -0.1) is 0 Å². The van der Waals surface area contributed by atoms with Crippen molar-refractivity contribution in [2.75, 3.05) is 0 Å². The van der Waals surface area contributed by atoms with Crippen molar-refractivity contribution in [3.05, 3.63) is 118 Å². The second-order valence-electron chi connectivity index (χ2n) is 9.50. The van der Waals surface area contributed by atoms with Gasteiger partial charge >= 0.3 is 0 Å². The van der Waals surface area contributed by atoms with Gasteiger partial charge in [0.1, 0.15) is 0 Å². The summed E-state index contributed by atoms with van der Waals surface area (Å²) in [5.41, 5.74) is 9.27. The quantitative estimate of drug-likeness (QED) is 0.507. The Morgan fingerprint density at radius 1 is 0.938 bits per heavy atom. The second-order valence-corrected chi connectivity index (χ2v) is 9.50. The molecule has 0 N–H and O–H groups in total. The van der Waals surface area contributed by atoms with E-state index in [0.717, 1.165) is 18.4 Å². The normalized spacial score (nSPS) is 27.8. The van der Waals surface area contributed by atoms with Crippen molar-refractivity contribution in [3.8, 4) is 6.07 Å². The maximum atomic E-state index is 9.40. The van der Waals surface area contributed by atoms with Crippen molar-refractivity contribution in [1.29, 1.82) is 5.26 Å². The van der Waals surface area contributed by atoms with Crippen LogP contribution in [0.5, 0.6) is 0 Å². The van der Waals surface area contributed by atoms with Gasteiger partial charge in [0.15, 0.2) is 0 Å². The molecule has 1 heteroatoms. The Labute approximate surface area is 190 Å². The van der Waals surface area contributed by atoms with Crippen LogP contribution in [0.1, 0.15) is 41.5 Å². The lowest BCUT2D eigenvalue weighted by Crippen LogP contribution is -2.38. The maximum Gasteiger partial charge on any atom is 0.0991 e. The molecule has 1 nitrogen and oxygen atoms in total. The first-order chi connectivity index (χ1) is 15.8. The largest absolute Gasteiger partial charge is 0.192 e. The predicted octanol–water partition coefficient (Wildman–Crippen LogP) is 7.30. The average Bonchev–Trinajstić information content (AvgIpc) is 2.87. The van der Waals surface area contributed by atoms with Gasteiger partial charge in [0.25, 0.3) is 0 Å². The van der Waals surface area contributed by atoms with E-state index in [1.807, 2.05) is 6.07 Å². The van der Waals surface area contributed by atoms with Crippen molar-refractivity contribution in [3.63, 3.8) is 0 Å². The zero-order valence-corrected chi connectivity index (χ0v) is 18.2. The molecule has 0 heterocycles. The first-order valence-corrected chi connectivity index (χ1v) is 11.9. The summed E-state index contributed by atoms with van der Waals surface area (Å²) in [6, 6.07) is 19.5. The van der Waals surface area contributed by atoms with Gasteiger partial charge in [-0.1, -0.05) is 78.9 Å². The van der Waals surface area contributed by atoms with Crippen LogP contribution in [0.15, 0.2) is 96.1 Å². The Kier molecular flexibility index (Phi) is 4.80. The van der Waals surface area contributed by atoms with Crippen LogP contribution < -0.4 is 0 Å². The molecule has 0 bridgehead atoms. The molecule has 0 aromatic heterocycles. The summed E-state index contributed by atoms with van der Waals surface area (Å²) in [5.74, 6) is 2.22. The molecule has 2 aromatic carbocycles. The molecule has 0 fully saturated rings. The summed E-state index contributed by atoms with van der Waals surface area (Å²) < 4.78 is 0. The average molecular weight is 414 g/mol. The summed E-state index contributed by atoms with van der Waals surface area (Å²) in [6.07, 6.45) is 21.1. The molecule has 0 aliphatic heterocycles. The third kappa shape index (κ3) is 3.14. The molecule has 0 amide bonds. The van der Waals surface area contributed by atoms with Gasteiger partial charge in [0.2, 0.25) is 0 Å². The number of fused-ring (bicyclic) bond motifs is 3. The van der Waals surface area contributed by atoms with E-state index in [1.165, 1.54) is 46.3 Å². The third-order valence-electron chi connectivity index (χ3n) is 7.86. The molecule has 4 atom stereocenters. The predicted molar refractivity (Wildman–Crippen MR) is 131 cm³/mol. The molecule has 4 unspecified atom stereocenters. The highest BCUT2D eigenvalue weighted by atomic mass is 14.5. The van der Waals surface area contributed by atoms with E-state index >= 15 is 0 Å². The van der Waals surface area contributed by atoms with Crippen molar-refractivity contribution in [1.82, 2.24) is 0 Å². The van der Waals surface area contributed by atoms with Crippen LogP contribution in [0.4, 0.5) is 0 Å². The fourth-order valence-electron chi connectivity index (χ4n) is 6.52. The maximum absolute atomic E-state index is 9.40. The number of rotatable bonds is 2. The molecular formula is C31H27N. The van der Waals surface area contributed by atoms with Gasteiger partial charge in [-0.05, 0) is 94.9 Å². The molecule has 2 aromatic rings. The van der Waals surface area contributed by atoms with Crippen LogP contribution in [0.3, 0.4) is 0 Å². The molecular weight excluding hydrogens is 386 g/mol. The van der Waals surface area contributed by atoms with E-state index in [0.29, 0.717) is 23.7 Å². The third-order valence-corrected chi connectivity index (χ3v) is 7.86. The molecule has 0 saturated heterocycles. The summed E-state index contributed by atoms with van der Waals surface area (Å²) in [7, 11) is 0. The van der Waals surface area contributed by atoms with Crippen LogP contribution >= 0.6 is 0 Å². The van der Waals surface area contributed by atoms with Gasteiger partial charge in [-0.25, -0.2) is 0 Å². The standard InChI is InChI=1S/C31H27N/c32-20-21-14-15-22-16-17-24(19-25(22)18-21)31-28-12-6-4-10-26(28)30(23-8-2-1-3-9-23)27-11-5-7-13-29(27)31/h1-6,8-11,14-18,24,28-29,31H,7,12-13,19H2. The number of benzene rings is 2. The molecule has 0 saturated carbocycles. The monoisotopic (exact) mass is 413 g/mol. The van der Waals surface area contributed by atoms with Crippen molar-refractivity contribution < 1.29 is 0 Å². The fourth-order valence-corrected chi connectivity index (χ4v) is 6.52. The number of allylic oxidation sites excluding steroid dienone is 9. The molecule has 4 aliphatic rings. The smallest absolute Gasteiger partial charge is 0.0991 e. The van der Waals surface area contributed by atoms with Gasteiger partial charge in [-0.2, -0.15) is 5.26 Å². The van der Waals surface area contributed by atoms with E-state index in [9.17, 15) is 5.26 Å². The summed E-state index contributed by atoms with van der Waals surface area (Å²) in [4.78, 5) is 0. The van der Waals surface area contributed by atoms with Gasteiger partial charge in [0, 0.05) is 0 Å². The molecule has 0 radical (unpaired) electrons. The lowest BCUT2D eigenvalue weighted by Gasteiger charge is -2.47. The van der Waals surface area contributed by atoms with Crippen LogP contribution in [0.25, 0.3) is 11.6 Å². The Bertz CT molecular complexity index is 1250. The zero-order valence-electron chi connectivity index (χ0n) is 18.2. The number of nitriles is 1. The molecule has 4 aliphatic carbocycles. The summed E-state index contributed by atoms with van der Waals surface area (Å²) >= 11 is 0. The van der Waals surface area contributed by atoms with Crippen LogP contribution in [0.2, 0.25) is 0 Å². The number of hydrogen-bond acceptors (Lipinski definition) is 1. The van der Waals surface area contributed by atoms with Gasteiger partial charge < -0.3 is 0 Å². The van der Waals surface area contributed by atoms with E-state index in [4.69, 9.17) is 0 Å². The minimum Gasteiger partial charge on any atom is -0.192 e. The lowest BCUT2D eigenvalue weighted by molar-refractivity contribution is 0.202. The highest BCUT2D eigenvalue weighted by Crippen LogP contribution is 2.55. The van der Waals surface area contributed by atoms with Gasteiger partial charge in [0.05, 0.1) is 11.6 Å². The van der Waals surface area contributed by atoms with Crippen LogP contribution in [-0.4, -0.2) is 0 Å². The minimum atomic E-state index is 0.500. The molecule has 0 spiro atoms. The second kappa shape index (κ2) is 7.95. The van der Waals surface area contributed by atoms with E-state index in [1.54, 1.807) is 0 Å². The highest BCUT2D eigenvalue weighted by molar-refractivity contribution is 5.86. The van der Waals surface area contributed by atoms with Crippen molar-refractivity contribution in [2.45, 2.75) is 25.7 Å². The van der Waals surface area contributed by atoms with E-state index < -0.39 is 0 Å². The van der Waals surface area contributed by atoms with Crippen molar-refractivity contribution >= 4 is 11.6 Å². The van der Waals surface area contributed by atoms with E-state index in [-0.39, 0.29) is 0 Å².